The number of amidine groups is 1. The average Bonchev–Trinajstić information content (AvgIpc) is 3.66. The van der Waals surface area contributed by atoms with E-state index in [4.69, 9.17) is 20.2 Å². The number of hydrogen-bond donors (Lipinski definition) is 2. The van der Waals surface area contributed by atoms with Crippen molar-refractivity contribution in [3.63, 3.8) is 0 Å². The summed E-state index contributed by atoms with van der Waals surface area (Å²) in [6.45, 7) is 0.578. The molecule has 0 bridgehead atoms. The Hall–Kier alpha value is -3.80. The normalized spacial score (nSPS) is 20.5. The molecule has 2 atom stereocenters. The number of oxime groups is 1. The van der Waals surface area contributed by atoms with Crippen LogP contribution in [0.5, 0.6) is 5.75 Å². The van der Waals surface area contributed by atoms with Gasteiger partial charge in [-0.05, 0) is 55.7 Å². The molecular formula is C26H26F4N4O4. The molecule has 2 fully saturated rings. The van der Waals surface area contributed by atoms with Crippen molar-refractivity contribution in [3.8, 4) is 17.0 Å². The van der Waals surface area contributed by atoms with Crippen molar-refractivity contribution < 1.29 is 36.8 Å². The summed E-state index contributed by atoms with van der Waals surface area (Å²) in [5, 5.41) is 15.8. The zero-order valence-electron chi connectivity index (χ0n) is 20.2. The lowest BCUT2D eigenvalue weighted by molar-refractivity contribution is -0.274. The molecule has 0 spiro atoms. The molecule has 1 aliphatic carbocycles. The second-order valence-corrected chi connectivity index (χ2v) is 9.32. The maximum absolute atomic E-state index is 15.2. The van der Waals surface area contributed by atoms with Crippen LogP contribution in [0.3, 0.4) is 0 Å². The van der Waals surface area contributed by atoms with Gasteiger partial charge in [-0.25, -0.2) is 4.39 Å². The summed E-state index contributed by atoms with van der Waals surface area (Å²) < 4.78 is 69.9. The van der Waals surface area contributed by atoms with E-state index < -0.39 is 24.4 Å². The van der Waals surface area contributed by atoms with Crippen LogP contribution in [0.1, 0.15) is 42.1 Å². The molecule has 1 saturated carbocycles. The highest BCUT2D eigenvalue weighted by atomic mass is 19.4. The standard InChI is InChI=1S/C26H26F4N4O4/c27-20-13-34(17-9-7-16(8-10-17)25(31)32-35)12-11-22(20)36-14-19-23(33-38-24(19)15-5-6-15)18-3-1-2-4-21(18)37-26(28,29)30/h1-4,7-10,15,20,22,35H,5-6,11-14H2,(H2,31,32)/t20-,22-/m1/s1. The number of hydrogen-bond acceptors (Lipinski definition) is 7. The number of ether oxygens (including phenoxy) is 2. The number of para-hydroxylation sites is 1. The predicted octanol–water partition coefficient (Wildman–Crippen LogP) is 5.35. The first-order chi connectivity index (χ1) is 18.2. The quantitative estimate of drug-likeness (QED) is 0.132. The number of piperidine rings is 1. The molecule has 1 aliphatic heterocycles. The Balaban J connectivity index is 1.29. The number of nitrogens with zero attached hydrogens (tertiary/aromatic N) is 3. The summed E-state index contributed by atoms with van der Waals surface area (Å²) in [7, 11) is 0. The Kier molecular flexibility index (Phi) is 7.15. The van der Waals surface area contributed by atoms with Crippen molar-refractivity contribution in [2.75, 3.05) is 18.0 Å². The Morgan fingerprint density at radius 2 is 1.87 bits per heavy atom. The second-order valence-electron chi connectivity index (χ2n) is 9.32. The fraction of sp³-hybridized carbons (Fsp3) is 0.385. The van der Waals surface area contributed by atoms with Crippen LogP contribution in [-0.4, -0.2) is 47.9 Å². The molecule has 3 N–H and O–H groups in total. The number of alkyl halides is 4. The first-order valence-electron chi connectivity index (χ1n) is 12.2. The Morgan fingerprint density at radius 1 is 1.13 bits per heavy atom. The number of anilines is 1. The lowest BCUT2D eigenvalue weighted by Crippen LogP contribution is -2.45. The second kappa shape index (κ2) is 10.5. The molecule has 0 amide bonds. The summed E-state index contributed by atoms with van der Waals surface area (Å²) in [6.07, 6.45) is -4.73. The van der Waals surface area contributed by atoms with Gasteiger partial charge in [0.15, 0.2) is 5.84 Å². The number of benzene rings is 2. The number of nitrogens with two attached hydrogens (primary N) is 1. The van der Waals surface area contributed by atoms with Gasteiger partial charge in [-0.15, -0.1) is 13.2 Å². The van der Waals surface area contributed by atoms with E-state index in [2.05, 4.69) is 15.0 Å². The summed E-state index contributed by atoms with van der Waals surface area (Å²) in [5.74, 6) is 0.256. The van der Waals surface area contributed by atoms with Crippen molar-refractivity contribution in [2.24, 2.45) is 10.9 Å². The summed E-state index contributed by atoms with van der Waals surface area (Å²) in [4.78, 5) is 1.88. The van der Waals surface area contributed by atoms with Crippen molar-refractivity contribution in [1.82, 2.24) is 5.16 Å². The minimum Gasteiger partial charge on any atom is -0.409 e. The van der Waals surface area contributed by atoms with E-state index in [1.54, 1.807) is 30.3 Å². The van der Waals surface area contributed by atoms with Crippen molar-refractivity contribution in [1.29, 1.82) is 0 Å². The largest absolute Gasteiger partial charge is 0.573 e. The Morgan fingerprint density at radius 3 is 2.53 bits per heavy atom. The van der Waals surface area contributed by atoms with Crippen LogP contribution < -0.4 is 15.4 Å². The van der Waals surface area contributed by atoms with Gasteiger partial charge in [-0.1, -0.05) is 22.4 Å². The minimum absolute atomic E-state index is 0.0155. The number of aromatic nitrogens is 1. The Bertz CT molecular complexity index is 1290. The zero-order valence-corrected chi connectivity index (χ0v) is 20.2. The van der Waals surface area contributed by atoms with E-state index in [0.717, 1.165) is 18.5 Å². The fourth-order valence-corrected chi connectivity index (χ4v) is 4.61. The van der Waals surface area contributed by atoms with Crippen LogP contribution in [0.25, 0.3) is 11.3 Å². The summed E-state index contributed by atoms with van der Waals surface area (Å²) in [5.41, 5.74) is 7.77. The lowest BCUT2D eigenvalue weighted by atomic mass is 10.0. The van der Waals surface area contributed by atoms with Crippen molar-refractivity contribution in [2.45, 2.75) is 50.4 Å². The monoisotopic (exact) mass is 534 g/mol. The van der Waals surface area contributed by atoms with E-state index in [-0.39, 0.29) is 36.2 Å². The first-order valence-corrected chi connectivity index (χ1v) is 12.2. The first kappa shape index (κ1) is 25.8. The minimum atomic E-state index is -4.87. The van der Waals surface area contributed by atoms with E-state index in [9.17, 15) is 13.2 Å². The Labute approximate surface area is 215 Å². The number of rotatable bonds is 8. The topological polar surface area (TPSA) is 106 Å². The van der Waals surface area contributed by atoms with Gasteiger partial charge in [-0.3, -0.25) is 0 Å². The maximum Gasteiger partial charge on any atom is 0.573 e. The molecule has 0 radical (unpaired) electrons. The van der Waals surface area contributed by atoms with Gasteiger partial charge >= 0.3 is 6.36 Å². The van der Waals surface area contributed by atoms with E-state index in [1.807, 2.05) is 4.90 Å². The third-order valence-corrected chi connectivity index (χ3v) is 6.69. The lowest BCUT2D eigenvalue weighted by Gasteiger charge is -2.36. The van der Waals surface area contributed by atoms with Crippen LogP contribution in [0.2, 0.25) is 0 Å². The van der Waals surface area contributed by atoms with Crippen molar-refractivity contribution in [3.05, 3.63) is 65.4 Å². The van der Waals surface area contributed by atoms with Gasteiger partial charge < -0.3 is 29.8 Å². The molecule has 8 nitrogen and oxygen atoms in total. The molecule has 3 aromatic rings. The third-order valence-electron chi connectivity index (χ3n) is 6.69. The van der Waals surface area contributed by atoms with Crippen LogP contribution in [0, 0.1) is 0 Å². The number of halogens is 4. The van der Waals surface area contributed by atoms with Crippen LogP contribution >= 0.6 is 0 Å². The van der Waals surface area contributed by atoms with Crippen molar-refractivity contribution >= 4 is 11.5 Å². The van der Waals surface area contributed by atoms with Gasteiger partial charge in [0, 0.05) is 34.8 Å². The molecule has 1 aromatic heterocycles. The van der Waals surface area contributed by atoms with E-state index in [0.29, 0.717) is 29.9 Å². The molecule has 202 valence electrons. The average molecular weight is 535 g/mol. The van der Waals surface area contributed by atoms with Gasteiger partial charge in [0.05, 0.1) is 19.3 Å². The van der Waals surface area contributed by atoms with Crippen LogP contribution in [-0.2, 0) is 11.3 Å². The zero-order chi connectivity index (χ0) is 26.9. The van der Waals surface area contributed by atoms with Gasteiger partial charge in [0.25, 0.3) is 0 Å². The third kappa shape index (κ3) is 5.69. The van der Waals surface area contributed by atoms with E-state index in [1.165, 1.54) is 18.2 Å². The van der Waals surface area contributed by atoms with Gasteiger partial charge in [0.1, 0.15) is 23.4 Å². The highest BCUT2D eigenvalue weighted by Gasteiger charge is 2.37. The van der Waals surface area contributed by atoms with Gasteiger partial charge in [-0.2, -0.15) is 0 Å². The maximum atomic E-state index is 15.2. The molecule has 38 heavy (non-hydrogen) atoms. The summed E-state index contributed by atoms with van der Waals surface area (Å²) in [6, 6.07) is 12.6. The molecule has 12 heteroatoms. The van der Waals surface area contributed by atoms with E-state index >= 15 is 4.39 Å². The van der Waals surface area contributed by atoms with Gasteiger partial charge in [0.2, 0.25) is 0 Å². The molecular weight excluding hydrogens is 508 g/mol. The highest BCUT2D eigenvalue weighted by molar-refractivity contribution is 5.97. The highest BCUT2D eigenvalue weighted by Crippen LogP contribution is 2.46. The smallest absolute Gasteiger partial charge is 0.409 e. The SMILES string of the molecule is N/C(=N\O)c1ccc(N2CC[C@@H](OCc3c(-c4ccccc4OC(F)(F)F)noc3C3CC3)[C@H](F)C2)cc1. The van der Waals surface area contributed by atoms with Crippen LogP contribution in [0.4, 0.5) is 23.2 Å². The molecule has 5 rings (SSSR count). The molecule has 2 heterocycles. The summed E-state index contributed by atoms with van der Waals surface area (Å²) >= 11 is 0. The molecule has 1 saturated heterocycles. The molecule has 0 unspecified atom stereocenters. The fourth-order valence-electron chi connectivity index (χ4n) is 4.61. The van der Waals surface area contributed by atoms with Crippen LogP contribution in [0.15, 0.2) is 58.2 Å². The predicted molar refractivity (Wildman–Crippen MR) is 130 cm³/mol. The molecule has 2 aliphatic rings. The molecule has 2 aromatic carbocycles.